The van der Waals surface area contributed by atoms with Gasteiger partial charge in [-0.15, -0.1) is 0 Å². The van der Waals surface area contributed by atoms with Crippen LogP contribution in [-0.4, -0.2) is 85.7 Å². The predicted octanol–water partition coefficient (Wildman–Crippen LogP) is 2.80. The lowest BCUT2D eigenvalue weighted by molar-refractivity contribution is -0.308. The van der Waals surface area contributed by atoms with E-state index in [9.17, 15) is 15.3 Å². The van der Waals surface area contributed by atoms with Crippen LogP contribution in [0, 0.1) is 11.3 Å². The van der Waals surface area contributed by atoms with Gasteiger partial charge in [0.05, 0.1) is 24.1 Å². The molecule has 196 valence electrons. The van der Waals surface area contributed by atoms with Crippen molar-refractivity contribution in [3.8, 4) is 0 Å². The van der Waals surface area contributed by atoms with Gasteiger partial charge < -0.3 is 25.0 Å². The number of nitrogens with zero attached hydrogens (tertiary/aromatic N) is 3. The van der Waals surface area contributed by atoms with Gasteiger partial charge in [0.1, 0.15) is 17.8 Å². The minimum absolute atomic E-state index is 0.0293. The zero-order valence-corrected chi connectivity index (χ0v) is 21.4. The van der Waals surface area contributed by atoms with Crippen LogP contribution in [-0.2, 0) is 4.74 Å². The molecule has 2 aromatic rings. The number of aliphatic hydroxyl groups excluding tert-OH is 3. The topological polar surface area (TPSA) is 98.9 Å². The fraction of sp³-hybridized carbons (Fsp3) is 0.586. The van der Waals surface area contributed by atoms with Crippen LogP contribution < -0.4 is 0 Å². The largest absolute Gasteiger partial charge is 0.389 e. The van der Waals surface area contributed by atoms with E-state index in [1.54, 1.807) is 12.4 Å². The molecule has 1 aromatic heterocycles. The lowest BCUT2D eigenvalue weighted by Crippen LogP contribution is -2.78. The molecule has 1 saturated carbocycles. The summed E-state index contributed by atoms with van der Waals surface area (Å²) in [7, 11) is 3.63. The van der Waals surface area contributed by atoms with E-state index in [0.29, 0.717) is 24.8 Å². The molecule has 3 fully saturated rings. The molecule has 7 rings (SSSR count). The maximum atomic E-state index is 17.0. The van der Waals surface area contributed by atoms with Crippen molar-refractivity contribution in [2.75, 3.05) is 14.1 Å². The number of allylic oxidation sites excluding steroid dienone is 3. The van der Waals surface area contributed by atoms with Crippen LogP contribution in [0.1, 0.15) is 44.6 Å². The van der Waals surface area contributed by atoms with Crippen LogP contribution in [0.25, 0.3) is 16.3 Å². The highest BCUT2D eigenvalue weighted by Gasteiger charge is 2.79. The second-order valence-electron chi connectivity index (χ2n) is 12.3. The lowest BCUT2D eigenvalue weighted by atomic mass is 9.55. The zero-order valence-electron chi connectivity index (χ0n) is 21.4. The molecule has 2 saturated heterocycles. The molecule has 3 aliphatic carbocycles. The van der Waals surface area contributed by atoms with E-state index in [4.69, 9.17) is 4.74 Å². The van der Waals surface area contributed by atoms with Crippen LogP contribution >= 0.6 is 0 Å². The summed E-state index contributed by atoms with van der Waals surface area (Å²) >= 11 is 0. The van der Waals surface area contributed by atoms with Crippen molar-refractivity contribution in [3.63, 3.8) is 0 Å². The SMILES string of the molecule is CN(C)C1CC23CCC4(O2)C(=CCC2(C)C(c5ccc6cnncc6c5)=CCC24)C(O)C3(F)C(O)C1O. The Morgan fingerprint density at radius 2 is 1.81 bits per heavy atom. The van der Waals surface area contributed by atoms with E-state index in [1.165, 1.54) is 5.57 Å². The van der Waals surface area contributed by atoms with E-state index >= 15 is 4.39 Å². The van der Waals surface area contributed by atoms with E-state index in [2.05, 4.69) is 41.4 Å². The number of fused-ring (bicyclic) bond motifs is 2. The number of benzene rings is 1. The molecule has 1 aromatic carbocycles. The van der Waals surface area contributed by atoms with Crippen LogP contribution in [0.5, 0.6) is 0 Å². The highest BCUT2D eigenvalue weighted by atomic mass is 19.1. The molecule has 3 N–H and O–H groups in total. The first-order chi connectivity index (χ1) is 17.6. The van der Waals surface area contributed by atoms with Crippen molar-refractivity contribution in [1.29, 1.82) is 0 Å². The fourth-order valence-electron chi connectivity index (χ4n) is 8.69. The van der Waals surface area contributed by atoms with Crippen molar-refractivity contribution in [2.45, 2.75) is 80.3 Å². The van der Waals surface area contributed by atoms with Gasteiger partial charge in [0.15, 0.2) is 5.67 Å². The van der Waals surface area contributed by atoms with Gasteiger partial charge in [-0.25, -0.2) is 4.39 Å². The summed E-state index contributed by atoms with van der Waals surface area (Å²) < 4.78 is 23.9. The molecule has 5 aliphatic rings. The normalized spacial score (nSPS) is 46.3. The highest BCUT2D eigenvalue weighted by molar-refractivity contribution is 5.86. The Balaban J connectivity index is 1.32. The summed E-state index contributed by atoms with van der Waals surface area (Å²) in [6.45, 7) is 2.26. The van der Waals surface area contributed by atoms with E-state index < -0.39 is 41.2 Å². The molecular formula is C29H34FN3O4. The first-order valence-corrected chi connectivity index (χ1v) is 13.3. The number of likely N-dealkylation sites (N-methyl/N-ethyl adjacent to an activating group) is 1. The molecule has 2 aliphatic heterocycles. The summed E-state index contributed by atoms with van der Waals surface area (Å²) in [6.07, 6.45) is 5.79. The predicted molar refractivity (Wildman–Crippen MR) is 136 cm³/mol. The average molecular weight is 508 g/mol. The van der Waals surface area contributed by atoms with Gasteiger partial charge in [-0.05, 0) is 69.0 Å². The quantitative estimate of drug-likeness (QED) is 0.538. The van der Waals surface area contributed by atoms with Gasteiger partial charge in [-0.2, -0.15) is 10.2 Å². The van der Waals surface area contributed by atoms with Gasteiger partial charge in [-0.3, -0.25) is 0 Å². The van der Waals surface area contributed by atoms with Crippen LogP contribution in [0.15, 0.2) is 48.3 Å². The van der Waals surface area contributed by atoms with Gasteiger partial charge in [0, 0.05) is 28.1 Å². The molecule has 8 heteroatoms. The maximum absolute atomic E-state index is 17.0. The lowest BCUT2D eigenvalue weighted by Gasteiger charge is -2.62. The van der Waals surface area contributed by atoms with Crippen LogP contribution in [0.4, 0.5) is 4.39 Å². The first kappa shape index (κ1) is 23.9. The Hall–Kier alpha value is -2.23. The highest BCUT2D eigenvalue weighted by Crippen LogP contribution is 2.70. The maximum Gasteiger partial charge on any atom is 0.197 e. The Kier molecular flexibility index (Phi) is 4.80. The molecule has 3 heterocycles. The number of alkyl halides is 1. The minimum Gasteiger partial charge on any atom is -0.389 e. The van der Waals surface area contributed by atoms with Gasteiger partial charge in [0.25, 0.3) is 0 Å². The van der Waals surface area contributed by atoms with Crippen LogP contribution in [0.3, 0.4) is 0 Å². The van der Waals surface area contributed by atoms with Gasteiger partial charge in [0.2, 0.25) is 0 Å². The zero-order chi connectivity index (χ0) is 26.0. The smallest absolute Gasteiger partial charge is 0.197 e. The van der Waals surface area contributed by atoms with E-state index in [-0.39, 0.29) is 17.8 Å². The Morgan fingerprint density at radius 3 is 2.57 bits per heavy atom. The Labute approximate surface area is 215 Å². The Morgan fingerprint density at radius 1 is 1.05 bits per heavy atom. The molecule has 2 spiro atoms. The third kappa shape index (κ3) is 2.73. The number of halogens is 1. The molecular weight excluding hydrogens is 473 g/mol. The van der Waals surface area contributed by atoms with E-state index in [0.717, 1.165) is 22.8 Å². The minimum atomic E-state index is -2.47. The number of aromatic nitrogens is 2. The second kappa shape index (κ2) is 7.45. The molecule has 37 heavy (non-hydrogen) atoms. The van der Waals surface area contributed by atoms with Gasteiger partial charge >= 0.3 is 0 Å². The van der Waals surface area contributed by atoms with Gasteiger partial charge in [-0.1, -0.05) is 31.2 Å². The number of ether oxygens (including phenoxy) is 1. The van der Waals surface area contributed by atoms with Crippen molar-refractivity contribution < 1.29 is 24.4 Å². The number of hydrogen-bond acceptors (Lipinski definition) is 7. The van der Waals surface area contributed by atoms with Crippen molar-refractivity contribution in [1.82, 2.24) is 15.1 Å². The molecule has 7 nitrogen and oxygen atoms in total. The number of hydrogen-bond donors (Lipinski definition) is 3. The summed E-state index contributed by atoms with van der Waals surface area (Å²) in [5.41, 5.74) is -1.97. The third-order valence-corrected chi connectivity index (χ3v) is 10.6. The summed E-state index contributed by atoms with van der Waals surface area (Å²) in [5, 5.41) is 43.6. The second-order valence-corrected chi connectivity index (χ2v) is 12.3. The molecule has 9 unspecified atom stereocenters. The fourth-order valence-corrected chi connectivity index (χ4v) is 8.69. The van der Waals surface area contributed by atoms with Crippen LogP contribution in [0.2, 0.25) is 0 Å². The molecule has 2 bridgehead atoms. The van der Waals surface area contributed by atoms with Crippen molar-refractivity contribution in [3.05, 3.63) is 53.9 Å². The molecule has 0 amide bonds. The number of aliphatic hydroxyl groups is 3. The third-order valence-electron chi connectivity index (χ3n) is 10.6. The average Bonchev–Trinajstić information content (AvgIpc) is 3.42. The summed E-state index contributed by atoms with van der Waals surface area (Å²) in [6, 6.07) is 5.87. The standard InChI is InChI=1S/C29H34FN3O4/c1-26-9-8-20-24(35)29(30)25(36)23(34)21(33(2)3)13-27(29)10-11-28(20,37-27)22(26)7-6-19(26)16-4-5-17-14-31-32-15-18(17)12-16/h4-6,8,12,14-15,21-25,34-36H,7,9-11,13H2,1-3H3. The monoisotopic (exact) mass is 507 g/mol. The first-order valence-electron chi connectivity index (χ1n) is 13.3. The van der Waals surface area contributed by atoms with E-state index in [1.807, 2.05) is 25.1 Å². The van der Waals surface area contributed by atoms with Crippen molar-refractivity contribution in [2.24, 2.45) is 11.3 Å². The molecule has 9 atom stereocenters. The molecule has 0 radical (unpaired) electrons. The Bertz CT molecular complexity index is 1360. The van der Waals surface area contributed by atoms with Crippen molar-refractivity contribution >= 4 is 16.3 Å². The number of rotatable bonds is 2. The summed E-state index contributed by atoms with van der Waals surface area (Å²) in [4.78, 5) is 1.82. The summed E-state index contributed by atoms with van der Waals surface area (Å²) in [5.74, 6) is 0.0293.